The summed E-state index contributed by atoms with van der Waals surface area (Å²) in [6, 6.07) is 17.2. The second-order valence-electron chi connectivity index (χ2n) is 7.47. The normalized spacial score (nSPS) is 11.1. The zero-order chi connectivity index (χ0) is 22.0. The van der Waals surface area contributed by atoms with Crippen molar-refractivity contribution < 1.29 is 4.79 Å². The molecule has 2 aromatic heterocycles. The predicted molar refractivity (Wildman–Crippen MR) is 125 cm³/mol. The van der Waals surface area contributed by atoms with E-state index in [1.807, 2.05) is 84.2 Å². The Morgan fingerprint density at radius 2 is 1.90 bits per heavy atom. The fourth-order valence-electron chi connectivity index (χ4n) is 3.81. The van der Waals surface area contributed by atoms with E-state index >= 15 is 0 Å². The Morgan fingerprint density at radius 3 is 2.61 bits per heavy atom. The van der Waals surface area contributed by atoms with Crippen LogP contribution in [0, 0.1) is 6.92 Å². The maximum Gasteiger partial charge on any atom is 0.254 e. The fraction of sp³-hybridized carbons (Fsp3) is 0.240. The molecule has 2 aromatic carbocycles. The molecule has 0 N–H and O–H groups in total. The van der Waals surface area contributed by atoms with Gasteiger partial charge in [-0.15, -0.1) is 0 Å². The summed E-state index contributed by atoms with van der Waals surface area (Å²) < 4.78 is 1.95. The average molecular weight is 433 g/mol. The number of carbonyl (C=O) groups is 1. The fourth-order valence-corrected chi connectivity index (χ4v) is 4.00. The molecule has 2 heterocycles. The molecular weight excluding hydrogens is 408 g/mol. The number of carbonyl (C=O) groups excluding carboxylic acids is 1. The SMILES string of the molecule is CCN(Cc1cnn(CC)c1C)C(=O)c1cc(-c2cccc(Cl)c2)nc2ccccc12. The van der Waals surface area contributed by atoms with Crippen molar-refractivity contribution in [1.29, 1.82) is 0 Å². The number of aryl methyl sites for hydroxylation is 1. The molecule has 0 saturated heterocycles. The van der Waals surface area contributed by atoms with Gasteiger partial charge in [-0.1, -0.05) is 41.9 Å². The predicted octanol–water partition coefficient (Wildman–Crippen LogP) is 5.74. The van der Waals surface area contributed by atoms with Crippen LogP contribution < -0.4 is 0 Å². The third-order valence-corrected chi connectivity index (χ3v) is 5.84. The first kappa shape index (κ1) is 21.1. The number of para-hydroxylation sites is 1. The van der Waals surface area contributed by atoms with E-state index in [1.165, 1.54) is 0 Å². The zero-order valence-electron chi connectivity index (χ0n) is 18.0. The number of hydrogen-bond donors (Lipinski definition) is 0. The van der Waals surface area contributed by atoms with Crippen molar-refractivity contribution in [3.63, 3.8) is 0 Å². The van der Waals surface area contributed by atoms with E-state index in [0.29, 0.717) is 23.7 Å². The van der Waals surface area contributed by atoms with Gasteiger partial charge in [0, 0.05) is 46.9 Å². The lowest BCUT2D eigenvalue weighted by Gasteiger charge is -2.22. The number of amides is 1. The van der Waals surface area contributed by atoms with Crippen LogP contribution in [0.25, 0.3) is 22.2 Å². The van der Waals surface area contributed by atoms with Crippen LogP contribution in [0.2, 0.25) is 5.02 Å². The van der Waals surface area contributed by atoms with Gasteiger partial charge in [0.2, 0.25) is 0 Å². The molecule has 4 aromatic rings. The van der Waals surface area contributed by atoms with Crippen LogP contribution >= 0.6 is 11.6 Å². The summed E-state index contributed by atoms with van der Waals surface area (Å²) in [5.74, 6) is -0.0203. The van der Waals surface area contributed by atoms with Gasteiger partial charge in [-0.2, -0.15) is 5.10 Å². The topological polar surface area (TPSA) is 51.0 Å². The van der Waals surface area contributed by atoms with Crippen molar-refractivity contribution in [2.45, 2.75) is 33.9 Å². The molecule has 158 valence electrons. The molecule has 4 rings (SSSR count). The summed E-state index contributed by atoms with van der Waals surface area (Å²) in [7, 11) is 0. The molecule has 6 heteroatoms. The summed E-state index contributed by atoms with van der Waals surface area (Å²) in [6.45, 7) is 8.03. The van der Waals surface area contributed by atoms with Crippen LogP contribution in [-0.2, 0) is 13.1 Å². The number of fused-ring (bicyclic) bond motifs is 1. The van der Waals surface area contributed by atoms with E-state index in [2.05, 4.69) is 12.0 Å². The number of benzene rings is 2. The summed E-state index contributed by atoms with van der Waals surface area (Å²) in [5.41, 5.74) is 5.20. The summed E-state index contributed by atoms with van der Waals surface area (Å²) >= 11 is 6.20. The number of aromatic nitrogens is 3. The van der Waals surface area contributed by atoms with Crippen molar-refractivity contribution in [2.75, 3.05) is 6.54 Å². The van der Waals surface area contributed by atoms with E-state index in [4.69, 9.17) is 16.6 Å². The van der Waals surface area contributed by atoms with Gasteiger partial charge in [0.15, 0.2) is 0 Å². The van der Waals surface area contributed by atoms with Crippen LogP contribution in [-0.4, -0.2) is 32.1 Å². The first-order chi connectivity index (χ1) is 15.0. The molecule has 0 saturated carbocycles. The molecule has 0 unspecified atom stereocenters. The van der Waals surface area contributed by atoms with E-state index in [1.54, 1.807) is 0 Å². The van der Waals surface area contributed by atoms with E-state index in [0.717, 1.165) is 40.0 Å². The molecule has 0 aliphatic rings. The molecule has 1 amide bonds. The molecule has 0 radical (unpaired) electrons. The van der Waals surface area contributed by atoms with Gasteiger partial charge in [-0.25, -0.2) is 4.98 Å². The number of halogens is 1. The number of nitrogens with zero attached hydrogens (tertiary/aromatic N) is 4. The molecule has 31 heavy (non-hydrogen) atoms. The Labute approximate surface area is 187 Å². The molecule has 0 atom stereocenters. The molecule has 0 spiro atoms. The smallest absolute Gasteiger partial charge is 0.254 e. The highest BCUT2D eigenvalue weighted by molar-refractivity contribution is 6.30. The maximum atomic E-state index is 13.7. The lowest BCUT2D eigenvalue weighted by Crippen LogP contribution is -2.30. The summed E-state index contributed by atoms with van der Waals surface area (Å²) in [6.07, 6.45) is 1.86. The number of rotatable bonds is 6. The van der Waals surface area contributed by atoms with Crippen LogP contribution in [0.1, 0.15) is 35.5 Å². The average Bonchev–Trinajstić information content (AvgIpc) is 3.15. The molecular formula is C25H25ClN4O. The van der Waals surface area contributed by atoms with Crippen LogP contribution in [0.3, 0.4) is 0 Å². The maximum absolute atomic E-state index is 13.7. The van der Waals surface area contributed by atoms with Gasteiger partial charge >= 0.3 is 0 Å². The van der Waals surface area contributed by atoms with Gasteiger partial charge in [0.25, 0.3) is 5.91 Å². The highest BCUT2D eigenvalue weighted by atomic mass is 35.5. The monoisotopic (exact) mass is 432 g/mol. The molecule has 5 nitrogen and oxygen atoms in total. The first-order valence-corrected chi connectivity index (χ1v) is 10.9. The number of hydrogen-bond acceptors (Lipinski definition) is 3. The first-order valence-electron chi connectivity index (χ1n) is 10.5. The zero-order valence-corrected chi connectivity index (χ0v) is 18.7. The van der Waals surface area contributed by atoms with Crippen molar-refractivity contribution in [3.05, 3.63) is 82.6 Å². The van der Waals surface area contributed by atoms with Gasteiger partial charge in [-0.05, 0) is 45.0 Å². The highest BCUT2D eigenvalue weighted by Gasteiger charge is 2.21. The Kier molecular flexibility index (Phi) is 6.05. The summed E-state index contributed by atoms with van der Waals surface area (Å²) in [5, 5.41) is 5.90. The van der Waals surface area contributed by atoms with Crippen LogP contribution in [0.4, 0.5) is 0 Å². The Balaban J connectivity index is 1.77. The standard InChI is InChI=1S/C25H25ClN4O/c1-4-29(16-19-15-27-30(5-2)17(19)3)25(31)22-14-24(18-9-8-10-20(26)13-18)28-23-12-7-6-11-21(22)23/h6-15H,4-5,16H2,1-3H3. The minimum atomic E-state index is -0.0203. The van der Waals surface area contributed by atoms with E-state index in [9.17, 15) is 4.79 Å². The van der Waals surface area contributed by atoms with E-state index < -0.39 is 0 Å². The number of pyridine rings is 1. The Morgan fingerprint density at radius 1 is 1.10 bits per heavy atom. The van der Waals surface area contributed by atoms with Gasteiger partial charge in [-0.3, -0.25) is 9.48 Å². The minimum Gasteiger partial charge on any atom is -0.334 e. The summed E-state index contributed by atoms with van der Waals surface area (Å²) in [4.78, 5) is 20.3. The van der Waals surface area contributed by atoms with Crippen LogP contribution in [0.15, 0.2) is 60.8 Å². The second-order valence-corrected chi connectivity index (χ2v) is 7.91. The van der Waals surface area contributed by atoms with Gasteiger partial charge in [0.1, 0.15) is 0 Å². The molecule has 0 aliphatic carbocycles. The Hall–Kier alpha value is -3.18. The second kappa shape index (κ2) is 8.90. The van der Waals surface area contributed by atoms with E-state index in [-0.39, 0.29) is 5.91 Å². The molecule has 0 aliphatic heterocycles. The third-order valence-electron chi connectivity index (χ3n) is 5.60. The quantitative estimate of drug-likeness (QED) is 0.390. The third kappa shape index (κ3) is 4.19. The largest absolute Gasteiger partial charge is 0.334 e. The lowest BCUT2D eigenvalue weighted by molar-refractivity contribution is 0.0754. The van der Waals surface area contributed by atoms with Gasteiger partial charge in [0.05, 0.1) is 23.0 Å². The van der Waals surface area contributed by atoms with Crippen molar-refractivity contribution in [2.24, 2.45) is 0 Å². The van der Waals surface area contributed by atoms with Crippen LogP contribution in [0.5, 0.6) is 0 Å². The van der Waals surface area contributed by atoms with Crippen molar-refractivity contribution in [3.8, 4) is 11.3 Å². The highest BCUT2D eigenvalue weighted by Crippen LogP contribution is 2.28. The Bertz CT molecular complexity index is 1250. The minimum absolute atomic E-state index is 0.0203. The lowest BCUT2D eigenvalue weighted by atomic mass is 10.0. The van der Waals surface area contributed by atoms with Gasteiger partial charge < -0.3 is 4.90 Å². The van der Waals surface area contributed by atoms with Crippen molar-refractivity contribution >= 4 is 28.4 Å². The van der Waals surface area contributed by atoms with Crippen molar-refractivity contribution in [1.82, 2.24) is 19.7 Å². The molecule has 0 fully saturated rings. The molecule has 0 bridgehead atoms.